The maximum Gasteiger partial charge on any atom is 0.219 e. The molecule has 0 bridgehead atoms. The van der Waals surface area contributed by atoms with Gasteiger partial charge in [-0.1, -0.05) is 18.1 Å². The van der Waals surface area contributed by atoms with Gasteiger partial charge in [-0.25, -0.2) is 0 Å². The van der Waals surface area contributed by atoms with E-state index in [9.17, 15) is 4.79 Å². The summed E-state index contributed by atoms with van der Waals surface area (Å²) in [7, 11) is 0. The Hall–Kier alpha value is -1.43. The summed E-state index contributed by atoms with van der Waals surface area (Å²) in [5.41, 5.74) is 5.40. The van der Waals surface area contributed by atoms with Crippen LogP contribution in [0.5, 0.6) is 0 Å². The monoisotopic (exact) mass is 253 g/mol. The van der Waals surface area contributed by atoms with Crippen LogP contribution in [0.2, 0.25) is 0 Å². The minimum atomic E-state index is 0.140. The van der Waals surface area contributed by atoms with E-state index in [1.165, 1.54) is 0 Å². The fourth-order valence-electron chi connectivity index (χ4n) is 1.69. The second-order valence-corrected chi connectivity index (χ2v) is 4.32. The van der Waals surface area contributed by atoms with Gasteiger partial charge in [-0.05, 0) is 25.8 Å². The van der Waals surface area contributed by atoms with Gasteiger partial charge in [0, 0.05) is 25.7 Å². The highest BCUT2D eigenvalue weighted by atomic mass is 16.1. The van der Waals surface area contributed by atoms with Gasteiger partial charge >= 0.3 is 0 Å². The van der Waals surface area contributed by atoms with Crippen molar-refractivity contribution in [3.05, 3.63) is 12.4 Å². The fourth-order valence-corrected chi connectivity index (χ4v) is 1.69. The molecule has 0 aliphatic carbocycles. The Kier molecular flexibility index (Phi) is 7.79. The van der Waals surface area contributed by atoms with Gasteiger partial charge < -0.3 is 11.1 Å². The lowest BCUT2D eigenvalue weighted by Crippen LogP contribution is -2.24. The van der Waals surface area contributed by atoms with Gasteiger partial charge in [0.25, 0.3) is 0 Å². The highest BCUT2D eigenvalue weighted by Gasteiger charge is 2.00. The molecule has 0 aliphatic rings. The molecule has 0 saturated carbocycles. The quantitative estimate of drug-likeness (QED) is 0.601. The molecule has 102 valence electrons. The molecular formula is C12H23N5O. The summed E-state index contributed by atoms with van der Waals surface area (Å²) in [5.74, 6) is 0.140. The number of hydrogen-bond donors (Lipinski definition) is 2. The standard InChI is InChI=1S/C12H23N5O/c13-7-4-2-1-3-6-12(18)14-8-5-10-17-11-9-15-16-17/h9,11H,1-8,10,13H2,(H,14,18). The topological polar surface area (TPSA) is 85.8 Å². The molecule has 0 unspecified atom stereocenters. The fraction of sp³-hybridized carbons (Fsp3) is 0.750. The maximum absolute atomic E-state index is 11.5. The molecule has 0 radical (unpaired) electrons. The molecule has 6 nitrogen and oxygen atoms in total. The van der Waals surface area contributed by atoms with E-state index < -0.39 is 0 Å². The normalized spacial score (nSPS) is 10.5. The average Bonchev–Trinajstić information content (AvgIpc) is 2.87. The van der Waals surface area contributed by atoms with Gasteiger partial charge in [-0.15, -0.1) is 5.10 Å². The zero-order chi connectivity index (χ0) is 13.1. The zero-order valence-electron chi connectivity index (χ0n) is 10.8. The van der Waals surface area contributed by atoms with Crippen LogP contribution in [0.3, 0.4) is 0 Å². The first-order chi connectivity index (χ1) is 8.83. The molecule has 0 aromatic carbocycles. The lowest BCUT2D eigenvalue weighted by Gasteiger charge is -2.05. The number of unbranched alkanes of at least 4 members (excludes halogenated alkanes) is 3. The first-order valence-electron chi connectivity index (χ1n) is 6.64. The predicted octanol–water partition coefficient (Wildman–Crippen LogP) is 0.694. The molecule has 1 aromatic rings. The third kappa shape index (κ3) is 7.01. The van der Waals surface area contributed by atoms with Crippen molar-refractivity contribution in [1.82, 2.24) is 20.3 Å². The Bertz CT molecular complexity index is 312. The first-order valence-corrected chi connectivity index (χ1v) is 6.64. The van der Waals surface area contributed by atoms with Crippen LogP contribution >= 0.6 is 0 Å². The number of nitrogens with two attached hydrogens (primary N) is 1. The summed E-state index contributed by atoms with van der Waals surface area (Å²) in [6.07, 6.45) is 9.18. The summed E-state index contributed by atoms with van der Waals surface area (Å²) < 4.78 is 1.76. The molecule has 1 aromatic heterocycles. The number of aryl methyl sites for hydroxylation is 1. The summed E-state index contributed by atoms with van der Waals surface area (Å²) >= 11 is 0. The van der Waals surface area contributed by atoms with E-state index in [2.05, 4.69) is 15.6 Å². The first kappa shape index (κ1) is 14.6. The van der Waals surface area contributed by atoms with Gasteiger partial charge in [-0.3, -0.25) is 9.48 Å². The molecule has 0 aliphatic heterocycles. The van der Waals surface area contributed by atoms with Crippen molar-refractivity contribution in [2.45, 2.75) is 45.1 Å². The zero-order valence-corrected chi connectivity index (χ0v) is 10.8. The van der Waals surface area contributed by atoms with Crippen LogP contribution in [0.1, 0.15) is 38.5 Å². The van der Waals surface area contributed by atoms with Gasteiger partial charge in [0.2, 0.25) is 5.91 Å². The number of carbonyl (C=O) groups excluding carboxylic acids is 1. The Labute approximate surface area is 108 Å². The van der Waals surface area contributed by atoms with Crippen LogP contribution in [0.4, 0.5) is 0 Å². The van der Waals surface area contributed by atoms with E-state index in [0.717, 1.165) is 45.2 Å². The number of hydrogen-bond acceptors (Lipinski definition) is 4. The summed E-state index contributed by atoms with van der Waals surface area (Å²) in [5, 5.41) is 10.5. The third-order valence-corrected chi connectivity index (χ3v) is 2.72. The van der Waals surface area contributed by atoms with E-state index in [4.69, 9.17) is 5.73 Å². The van der Waals surface area contributed by atoms with Crippen molar-refractivity contribution >= 4 is 5.91 Å². The van der Waals surface area contributed by atoms with Crippen LogP contribution in [-0.2, 0) is 11.3 Å². The number of nitrogens with one attached hydrogen (secondary N) is 1. The van der Waals surface area contributed by atoms with Crippen molar-refractivity contribution in [1.29, 1.82) is 0 Å². The number of rotatable bonds is 10. The highest BCUT2D eigenvalue weighted by Crippen LogP contribution is 2.01. The lowest BCUT2D eigenvalue weighted by atomic mass is 10.1. The van der Waals surface area contributed by atoms with E-state index in [0.29, 0.717) is 13.0 Å². The number of carbonyl (C=O) groups is 1. The van der Waals surface area contributed by atoms with Gasteiger partial charge in [0.05, 0.1) is 6.20 Å². The maximum atomic E-state index is 11.5. The van der Waals surface area contributed by atoms with Crippen LogP contribution in [0, 0.1) is 0 Å². The molecule has 1 heterocycles. The van der Waals surface area contributed by atoms with Crippen LogP contribution in [-0.4, -0.2) is 34.0 Å². The highest BCUT2D eigenvalue weighted by molar-refractivity contribution is 5.75. The molecule has 1 amide bonds. The smallest absolute Gasteiger partial charge is 0.219 e. The van der Waals surface area contributed by atoms with Crippen molar-refractivity contribution in [3.8, 4) is 0 Å². The van der Waals surface area contributed by atoms with Gasteiger partial charge in [0.1, 0.15) is 0 Å². The van der Waals surface area contributed by atoms with E-state index in [-0.39, 0.29) is 5.91 Å². The minimum absolute atomic E-state index is 0.140. The Balaban J connectivity index is 1.90. The van der Waals surface area contributed by atoms with Crippen LogP contribution in [0.15, 0.2) is 12.4 Å². The number of nitrogens with zero attached hydrogens (tertiary/aromatic N) is 3. The third-order valence-electron chi connectivity index (χ3n) is 2.72. The molecule has 0 fully saturated rings. The molecule has 0 atom stereocenters. The van der Waals surface area contributed by atoms with Crippen molar-refractivity contribution in [2.24, 2.45) is 5.73 Å². The second kappa shape index (κ2) is 9.58. The molecule has 6 heteroatoms. The Morgan fingerprint density at radius 3 is 2.78 bits per heavy atom. The average molecular weight is 253 g/mol. The minimum Gasteiger partial charge on any atom is -0.356 e. The SMILES string of the molecule is NCCCCCCC(=O)NCCCn1ccnn1. The molecule has 1 rings (SSSR count). The molecular weight excluding hydrogens is 230 g/mol. The molecule has 18 heavy (non-hydrogen) atoms. The van der Waals surface area contributed by atoms with Crippen LogP contribution < -0.4 is 11.1 Å². The van der Waals surface area contributed by atoms with Crippen molar-refractivity contribution in [3.63, 3.8) is 0 Å². The lowest BCUT2D eigenvalue weighted by molar-refractivity contribution is -0.121. The summed E-state index contributed by atoms with van der Waals surface area (Å²) in [4.78, 5) is 11.5. The Morgan fingerprint density at radius 2 is 2.06 bits per heavy atom. The van der Waals surface area contributed by atoms with Crippen molar-refractivity contribution in [2.75, 3.05) is 13.1 Å². The summed E-state index contributed by atoms with van der Waals surface area (Å²) in [6, 6.07) is 0. The Morgan fingerprint density at radius 1 is 1.22 bits per heavy atom. The predicted molar refractivity (Wildman–Crippen MR) is 69.8 cm³/mol. The van der Waals surface area contributed by atoms with E-state index in [1.807, 2.05) is 6.20 Å². The molecule has 3 N–H and O–H groups in total. The molecule has 0 spiro atoms. The van der Waals surface area contributed by atoms with Crippen molar-refractivity contribution < 1.29 is 4.79 Å². The summed E-state index contributed by atoms with van der Waals surface area (Å²) in [6.45, 7) is 2.23. The second-order valence-electron chi connectivity index (χ2n) is 4.32. The number of aromatic nitrogens is 3. The van der Waals surface area contributed by atoms with E-state index in [1.54, 1.807) is 10.9 Å². The van der Waals surface area contributed by atoms with Gasteiger partial charge in [0.15, 0.2) is 0 Å². The van der Waals surface area contributed by atoms with Crippen LogP contribution in [0.25, 0.3) is 0 Å². The van der Waals surface area contributed by atoms with Gasteiger partial charge in [-0.2, -0.15) is 0 Å². The molecule has 0 saturated heterocycles. The number of amides is 1. The van der Waals surface area contributed by atoms with E-state index >= 15 is 0 Å². The largest absolute Gasteiger partial charge is 0.356 e.